The minimum absolute atomic E-state index is 0.106. The SMILES string of the molecule is CC1=CC(=C(C#N)C#N)C=C(C)N1CCc1ccc(S(=O)[O-])cc1.CN. The Morgan fingerprint density at radius 3 is 2.04 bits per heavy atom. The van der Waals surface area contributed by atoms with E-state index in [0.29, 0.717) is 5.57 Å². The summed E-state index contributed by atoms with van der Waals surface area (Å²) in [6.45, 7) is 4.60. The zero-order chi connectivity index (χ0) is 19.7. The summed E-state index contributed by atoms with van der Waals surface area (Å²) in [6.07, 6.45) is 4.42. The third kappa shape index (κ3) is 5.40. The maximum Gasteiger partial charge on any atom is 0.137 e. The van der Waals surface area contributed by atoms with Gasteiger partial charge in [0.25, 0.3) is 0 Å². The van der Waals surface area contributed by atoms with E-state index in [1.165, 1.54) is 7.05 Å². The molecule has 2 rings (SSSR count). The second-order valence-corrected chi connectivity index (χ2v) is 6.35. The Hall–Kier alpha value is -2.71. The highest BCUT2D eigenvalue weighted by molar-refractivity contribution is 7.79. The Bertz CT molecular complexity index is 802. The van der Waals surface area contributed by atoms with E-state index in [1.54, 1.807) is 12.1 Å². The van der Waals surface area contributed by atoms with Gasteiger partial charge in [0.1, 0.15) is 17.7 Å². The van der Waals surface area contributed by atoms with E-state index >= 15 is 0 Å². The summed E-state index contributed by atoms with van der Waals surface area (Å²) < 4.78 is 21.7. The predicted molar refractivity (Wildman–Crippen MR) is 99.9 cm³/mol. The van der Waals surface area contributed by atoms with Gasteiger partial charge in [-0.15, -0.1) is 0 Å². The van der Waals surface area contributed by atoms with Crippen LogP contribution >= 0.6 is 0 Å². The van der Waals surface area contributed by atoms with Crippen LogP contribution in [0.25, 0.3) is 0 Å². The average molecular weight is 369 g/mol. The number of nitriles is 2. The van der Waals surface area contributed by atoms with Crippen molar-refractivity contribution in [1.82, 2.24) is 4.90 Å². The van der Waals surface area contributed by atoms with Crippen LogP contribution in [0.4, 0.5) is 0 Å². The lowest BCUT2D eigenvalue weighted by Crippen LogP contribution is -2.25. The second-order valence-electron chi connectivity index (χ2n) is 5.41. The monoisotopic (exact) mass is 369 g/mol. The molecule has 0 radical (unpaired) electrons. The lowest BCUT2D eigenvalue weighted by molar-refractivity contribution is 0.427. The molecule has 136 valence electrons. The minimum atomic E-state index is -2.20. The third-order valence-electron chi connectivity index (χ3n) is 3.83. The molecule has 0 saturated carbocycles. The van der Waals surface area contributed by atoms with Gasteiger partial charge in [-0.3, -0.25) is 4.21 Å². The molecular formula is C19H21N4O2S-. The van der Waals surface area contributed by atoms with Gasteiger partial charge in [0.05, 0.1) is 0 Å². The van der Waals surface area contributed by atoms with E-state index in [0.717, 1.165) is 29.9 Å². The van der Waals surface area contributed by atoms with Gasteiger partial charge in [-0.05, 0) is 68.2 Å². The average Bonchev–Trinajstić information content (AvgIpc) is 2.64. The number of benzene rings is 1. The number of nitrogens with zero attached hydrogens (tertiary/aromatic N) is 3. The third-order valence-corrected chi connectivity index (χ3v) is 4.49. The first-order valence-electron chi connectivity index (χ1n) is 7.91. The van der Waals surface area contributed by atoms with E-state index < -0.39 is 11.1 Å². The van der Waals surface area contributed by atoms with Gasteiger partial charge in [0, 0.05) is 28.4 Å². The Morgan fingerprint density at radius 2 is 1.62 bits per heavy atom. The molecule has 1 atom stereocenters. The molecule has 0 bridgehead atoms. The molecule has 0 spiro atoms. The Balaban J connectivity index is 0.00000163. The predicted octanol–water partition coefficient (Wildman–Crippen LogP) is 2.51. The summed E-state index contributed by atoms with van der Waals surface area (Å²) in [7, 11) is 1.50. The van der Waals surface area contributed by atoms with Crippen molar-refractivity contribution in [2.24, 2.45) is 5.73 Å². The molecule has 0 aliphatic carbocycles. The molecule has 0 amide bonds. The Labute approximate surface area is 156 Å². The molecule has 1 aliphatic heterocycles. The van der Waals surface area contributed by atoms with Crippen LogP contribution in [0.2, 0.25) is 0 Å². The molecule has 26 heavy (non-hydrogen) atoms. The van der Waals surface area contributed by atoms with Crippen LogP contribution in [0.3, 0.4) is 0 Å². The summed E-state index contributed by atoms with van der Waals surface area (Å²) >= 11 is -2.20. The van der Waals surface area contributed by atoms with Gasteiger partial charge in [0.15, 0.2) is 0 Å². The van der Waals surface area contributed by atoms with Crippen molar-refractivity contribution >= 4 is 11.1 Å². The van der Waals surface area contributed by atoms with Crippen LogP contribution in [0, 0.1) is 22.7 Å². The first-order valence-corrected chi connectivity index (χ1v) is 8.98. The summed E-state index contributed by atoms with van der Waals surface area (Å²) in [4.78, 5) is 2.38. The van der Waals surface area contributed by atoms with Gasteiger partial charge in [0.2, 0.25) is 0 Å². The number of nitrogens with two attached hydrogens (primary N) is 1. The van der Waals surface area contributed by atoms with Crippen molar-refractivity contribution in [1.29, 1.82) is 10.5 Å². The molecule has 1 aromatic rings. The maximum atomic E-state index is 10.9. The number of rotatable bonds is 4. The number of allylic oxidation sites excluding steroid dienone is 6. The Kier molecular flexibility index (Phi) is 8.47. The lowest BCUT2D eigenvalue weighted by Gasteiger charge is -2.29. The standard InChI is InChI=1S/C18H17N3O2S.CH5N/c1-13-9-16(17(11-19)12-20)10-14(2)21(13)8-7-15-3-5-18(6-4-15)24(22)23;1-2/h3-6,9-10H,7-8H2,1-2H3,(H,22,23);2H2,1H3/p-1. The molecule has 6 nitrogen and oxygen atoms in total. The van der Waals surface area contributed by atoms with Crippen molar-refractivity contribution < 1.29 is 8.76 Å². The summed E-state index contributed by atoms with van der Waals surface area (Å²) in [5.74, 6) is 0. The minimum Gasteiger partial charge on any atom is -0.768 e. The van der Waals surface area contributed by atoms with Gasteiger partial charge in [-0.2, -0.15) is 10.5 Å². The van der Waals surface area contributed by atoms with E-state index in [1.807, 2.05) is 50.3 Å². The molecule has 0 saturated heterocycles. The number of hydrogen-bond acceptors (Lipinski definition) is 6. The first-order chi connectivity index (χ1) is 12.5. The van der Waals surface area contributed by atoms with Crippen molar-refractivity contribution in [2.45, 2.75) is 25.2 Å². The first kappa shape index (κ1) is 21.3. The summed E-state index contributed by atoms with van der Waals surface area (Å²) in [6, 6.07) is 10.6. The van der Waals surface area contributed by atoms with Crippen molar-refractivity contribution in [2.75, 3.05) is 13.6 Å². The fourth-order valence-corrected chi connectivity index (χ4v) is 2.94. The Morgan fingerprint density at radius 1 is 1.12 bits per heavy atom. The molecule has 0 fully saturated rings. The van der Waals surface area contributed by atoms with Crippen molar-refractivity contribution in [3.05, 3.63) is 64.5 Å². The van der Waals surface area contributed by atoms with Crippen LogP contribution in [-0.2, 0) is 17.5 Å². The quantitative estimate of drug-likeness (QED) is 0.644. The highest BCUT2D eigenvalue weighted by atomic mass is 32.2. The van der Waals surface area contributed by atoms with Gasteiger partial charge in [-0.1, -0.05) is 12.1 Å². The fraction of sp³-hybridized carbons (Fsp3) is 0.263. The zero-order valence-electron chi connectivity index (χ0n) is 15.0. The van der Waals surface area contributed by atoms with Gasteiger partial charge >= 0.3 is 0 Å². The highest BCUT2D eigenvalue weighted by Crippen LogP contribution is 2.24. The largest absolute Gasteiger partial charge is 0.768 e. The molecule has 7 heteroatoms. The van der Waals surface area contributed by atoms with E-state index in [9.17, 15) is 8.76 Å². The molecule has 2 N–H and O–H groups in total. The normalized spacial score (nSPS) is 14.1. The second kappa shape index (κ2) is 10.3. The van der Waals surface area contributed by atoms with E-state index in [2.05, 4.69) is 10.6 Å². The molecule has 1 unspecified atom stereocenters. The van der Waals surface area contributed by atoms with Crippen molar-refractivity contribution in [3.8, 4) is 12.1 Å². The molecule has 1 aromatic carbocycles. The molecule has 1 aliphatic rings. The van der Waals surface area contributed by atoms with Crippen LogP contribution in [-0.4, -0.2) is 27.3 Å². The van der Waals surface area contributed by atoms with Gasteiger partial charge in [-0.25, -0.2) is 0 Å². The maximum absolute atomic E-state index is 10.9. The highest BCUT2D eigenvalue weighted by Gasteiger charge is 2.15. The zero-order valence-corrected chi connectivity index (χ0v) is 15.8. The molecule has 0 aromatic heterocycles. The number of hydrogen-bond donors (Lipinski definition) is 1. The smallest absolute Gasteiger partial charge is 0.137 e. The summed E-state index contributed by atoms with van der Waals surface area (Å²) in [5.41, 5.74) is 8.21. The fourth-order valence-electron chi connectivity index (χ4n) is 2.59. The van der Waals surface area contributed by atoms with Crippen LogP contribution in [0.5, 0.6) is 0 Å². The van der Waals surface area contributed by atoms with Gasteiger partial charge < -0.3 is 15.2 Å². The van der Waals surface area contributed by atoms with Crippen LogP contribution in [0.1, 0.15) is 19.4 Å². The topological polar surface area (TPSA) is 117 Å². The lowest BCUT2D eigenvalue weighted by atomic mass is 10.0. The van der Waals surface area contributed by atoms with Crippen LogP contribution < -0.4 is 5.73 Å². The van der Waals surface area contributed by atoms with E-state index in [-0.39, 0.29) is 10.5 Å². The van der Waals surface area contributed by atoms with Crippen molar-refractivity contribution in [3.63, 3.8) is 0 Å². The van der Waals surface area contributed by atoms with Crippen LogP contribution in [0.15, 0.2) is 63.9 Å². The summed E-state index contributed by atoms with van der Waals surface area (Å²) in [5, 5.41) is 18.0. The molecule has 1 heterocycles. The van der Waals surface area contributed by atoms with E-state index in [4.69, 9.17) is 10.5 Å². The molecular weight excluding hydrogens is 348 g/mol.